The van der Waals surface area contributed by atoms with Crippen molar-refractivity contribution in [2.45, 2.75) is 18.4 Å². The highest BCUT2D eigenvalue weighted by molar-refractivity contribution is 5.96. The molecule has 1 aromatic carbocycles. The maximum Gasteiger partial charge on any atom is 0.236 e. The van der Waals surface area contributed by atoms with E-state index in [1.165, 1.54) is 0 Å². The lowest BCUT2D eigenvalue weighted by atomic mass is 10.0. The Bertz CT molecular complexity index is 791. The van der Waals surface area contributed by atoms with E-state index in [0.717, 1.165) is 36.5 Å². The van der Waals surface area contributed by atoms with Crippen LogP contribution in [0.15, 0.2) is 42.6 Å². The van der Waals surface area contributed by atoms with E-state index in [-0.39, 0.29) is 11.8 Å². The quantitative estimate of drug-likeness (QED) is 0.915. The summed E-state index contributed by atoms with van der Waals surface area (Å²) in [5, 5.41) is 2.91. The number of likely N-dealkylation sites (N-methyl/N-ethyl adjacent to an activating group) is 1. The van der Waals surface area contributed by atoms with Gasteiger partial charge in [0.15, 0.2) is 0 Å². The topological polar surface area (TPSA) is 57.7 Å². The summed E-state index contributed by atoms with van der Waals surface area (Å²) < 4.78 is 5.59. The number of ether oxygens (including phenoxy) is 1. The van der Waals surface area contributed by atoms with Crippen LogP contribution in [-0.2, 0) is 4.79 Å². The zero-order valence-electron chi connectivity index (χ0n) is 15.2. The second-order valence-electron chi connectivity index (χ2n) is 7.14. The molecule has 0 bridgehead atoms. The zero-order valence-corrected chi connectivity index (χ0v) is 15.2. The van der Waals surface area contributed by atoms with Crippen molar-refractivity contribution in [2.24, 2.45) is 0 Å². The normalized spacial score (nSPS) is 21.6. The van der Waals surface area contributed by atoms with Crippen molar-refractivity contribution in [3.63, 3.8) is 0 Å². The molecule has 0 radical (unpaired) electrons. The number of fused-ring (bicyclic) bond motifs is 1. The van der Waals surface area contributed by atoms with Crippen LogP contribution in [0.2, 0.25) is 0 Å². The highest BCUT2D eigenvalue weighted by atomic mass is 16.5. The van der Waals surface area contributed by atoms with E-state index in [2.05, 4.69) is 34.2 Å². The van der Waals surface area contributed by atoms with Crippen molar-refractivity contribution < 1.29 is 9.53 Å². The Labute approximate surface area is 153 Å². The molecular formula is C20H24N4O2. The highest BCUT2D eigenvalue weighted by Gasteiger charge is 2.30. The van der Waals surface area contributed by atoms with Gasteiger partial charge in [0.25, 0.3) is 0 Å². The summed E-state index contributed by atoms with van der Waals surface area (Å²) in [7, 11) is 4.24. The van der Waals surface area contributed by atoms with Gasteiger partial charge in [0.2, 0.25) is 5.91 Å². The van der Waals surface area contributed by atoms with Gasteiger partial charge in [0.1, 0.15) is 24.1 Å². The van der Waals surface area contributed by atoms with Crippen LogP contribution in [0.5, 0.6) is 5.75 Å². The van der Waals surface area contributed by atoms with E-state index in [1.54, 1.807) is 0 Å². The number of carbonyl (C=O) groups is 1. The molecule has 0 spiro atoms. The fourth-order valence-corrected chi connectivity index (χ4v) is 3.64. The number of hydrogen-bond donors (Lipinski definition) is 1. The molecule has 1 aromatic heterocycles. The number of pyridine rings is 1. The summed E-state index contributed by atoms with van der Waals surface area (Å²) >= 11 is 0. The van der Waals surface area contributed by atoms with Crippen LogP contribution < -0.4 is 15.0 Å². The maximum absolute atomic E-state index is 12.6. The zero-order chi connectivity index (χ0) is 18.1. The Morgan fingerprint density at radius 1 is 1.27 bits per heavy atom. The second-order valence-corrected chi connectivity index (χ2v) is 7.14. The van der Waals surface area contributed by atoms with Crippen LogP contribution in [0, 0.1) is 0 Å². The Balaban J connectivity index is 1.40. The van der Waals surface area contributed by atoms with Gasteiger partial charge in [-0.15, -0.1) is 0 Å². The fourth-order valence-electron chi connectivity index (χ4n) is 3.64. The summed E-state index contributed by atoms with van der Waals surface area (Å²) in [5.41, 5.74) is 2.04. The van der Waals surface area contributed by atoms with Gasteiger partial charge < -0.3 is 19.9 Å². The average molecular weight is 352 g/mol. The minimum atomic E-state index is -0.285. The Morgan fingerprint density at radius 3 is 2.85 bits per heavy atom. The summed E-state index contributed by atoms with van der Waals surface area (Å²) in [6, 6.07) is 12.2. The third kappa shape index (κ3) is 3.24. The molecule has 136 valence electrons. The van der Waals surface area contributed by atoms with E-state index in [4.69, 9.17) is 4.74 Å². The lowest BCUT2D eigenvalue weighted by Gasteiger charge is -2.21. The van der Waals surface area contributed by atoms with Gasteiger partial charge in [-0.25, -0.2) is 4.98 Å². The van der Waals surface area contributed by atoms with Gasteiger partial charge in [-0.1, -0.05) is 18.2 Å². The number of benzene rings is 1. The van der Waals surface area contributed by atoms with Gasteiger partial charge >= 0.3 is 0 Å². The molecule has 6 nitrogen and oxygen atoms in total. The molecule has 1 fully saturated rings. The second kappa shape index (κ2) is 6.96. The van der Waals surface area contributed by atoms with E-state index >= 15 is 0 Å². The number of para-hydroxylation sites is 1. The average Bonchev–Trinajstić information content (AvgIpc) is 3.30. The van der Waals surface area contributed by atoms with Crippen molar-refractivity contribution in [1.29, 1.82) is 0 Å². The summed E-state index contributed by atoms with van der Waals surface area (Å²) in [5.74, 6) is 1.00. The SMILES string of the molecule is CN(C)C1CCN(c2ccc(NC(=O)C3COc4ccccc43)nc2)C1. The molecule has 6 heteroatoms. The molecule has 2 aliphatic heterocycles. The molecular weight excluding hydrogens is 328 g/mol. The molecule has 1 N–H and O–H groups in total. The molecule has 1 saturated heterocycles. The van der Waals surface area contributed by atoms with Crippen LogP contribution in [0.25, 0.3) is 0 Å². The van der Waals surface area contributed by atoms with Crippen LogP contribution >= 0.6 is 0 Å². The largest absolute Gasteiger partial charge is 0.492 e. The molecule has 1 amide bonds. The highest BCUT2D eigenvalue weighted by Crippen LogP contribution is 2.34. The molecule has 0 saturated carbocycles. The van der Waals surface area contributed by atoms with E-state index in [9.17, 15) is 4.79 Å². The first-order chi connectivity index (χ1) is 12.6. The summed E-state index contributed by atoms with van der Waals surface area (Å²) in [4.78, 5) is 21.6. The number of carbonyl (C=O) groups excluding carboxylic acids is 1. The van der Waals surface area contributed by atoms with Crippen molar-refractivity contribution in [2.75, 3.05) is 44.0 Å². The molecule has 2 atom stereocenters. The molecule has 4 rings (SSSR count). The van der Waals surface area contributed by atoms with Gasteiger partial charge in [-0.05, 0) is 38.7 Å². The minimum absolute atomic E-state index is 0.0796. The van der Waals surface area contributed by atoms with Crippen molar-refractivity contribution in [1.82, 2.24) is 9.88 Å². The molecule has 2 aliphatic rings. The van der Waals surface area contributed by atoms with E-state index in [1.807, 2.05) is 42.6 Å². The predicted molar refractivity (Wildman–Crippen MR) is 102 cm³/mol. The first-order valence-corrected chi connectivity index (χ1v) is 9.02. The first kappa shape index (κ1) is 16.8. The number of amides is 1. The number of nitrogens with zero attached hydrogens (tertiary/aromatic N) is 3. The molecule has 3 heterocycles. The van der Waals surface area contributed by atoms with Crippen molar-refractivity contribution >= 4 is 17.4 Å². The number of aromatic nitrogens is 1. The molecule has 2 aromatic rings. The molecule has 26 heavy (non-hydrogen) atoms. The summed E-state index contributed by atoms with van der Waals surface area (Å²) in [6.45, 7) is 2.42. The van der Waals surface area contributed by atoms with Crippen LogP contribution in [0.4, 0.5) is 11.5 Å². The lowest BCUT2D eigenvalue weighted by Crippen LogP contribution is -2.31. The van der Waals surface area contributed by atoms with E-state index < -0.39 is 0 Å². The standard InChI is InChI=1S/C20H24N4O2/c1-23(2)15-9-10-24(12-15)14-7-8-19(21-11-14)22-20(25)17-13-26-18-6-4-3-5-16(17)18/h3-8,11,15,17H,9-10,12-13H2,1-2H3,(H,21,22,25). The Kier molecular flexibility index (Phi) is 4.51. The number of hydrogen-bond acceptors (Lipinski definition) is 5. The fraction of sp³-hybridized carbons (Fsp3) is 0.400. The van der Waals surface area contributed by atoms with Gasteiger partial charge in [-0.3, -0.25) is 4.79 Å². The smallest absolute Gasteiger partial charge is 0.236 e. The summed E-state index contributed by atoms with van der Waals surface area (Å²) in [6.07, 6.45) is 3.00. The van der Waals surface area contributed by atoms with Crippen LogP contribution in [0.1, 0.15) is 17.9 Å². The number of rotatable bonds is 4. The van der Waals surface area contributed by atoms with Crippen molar-refractivity contribution in [3.8, 4) is 5.75 Å². The van der Waals surface area contributed by atoms with Crippen LogP contribution in [-0.4, -0.2) is 55.6 Å². The van der Waals surface area contributed by atoms with Crippen molar-refractivity contribution in [3.05, 3.63) is 48.2 Å². The van der Waals surface area contributed by atoms with Gasteiger partial charge in [0, 0.05) is 24.7 Å². The number of anilines is 2. The van der Waals surface area contributed by atoms with Crippen LogP contribution in [0.3, 0.4) is 0 Å². The van der Waals surface area contributed by atoms with E-state index in [0.29, 0.717) is 18.5 Å². The first-order valence-electron chi connectivity index (χ1n) is 9.02. The monoisotopic (exact) mass is 352 g/mol. The third-order valence-corrected chi connectivity index (χ3v) is 5.27. The Morgan fingerprint density at radius 2 is 2.12 bits per heavy atom. The Hall–Kier alpha value is -2.60. The maximum atomic E-state index is 12.6. The lowest BCUT2D eigenvalue weighted by molar-refractivity contribution is -0.117. The minimum Gasteiger partial charge on any atom is -0.492 e. The van der Waals surface area contributed by atoms with Gasteiger partial charge in [-0.2, -0.15) is 0 Å². The third-order valence-electron chi connectivity index (χ3n) is 5.27. The predicted octanol–water partition coefficient (Wildman–Crippen LogP) is 2.34. The molecule has 2 unspecified atom stereocenters. The number of nitrogens with one attached hydrogen (secondary N) is 1. The molecule has 0 aliphatic carbocycles. The van der Waals surface area contributed by atoms with Gasteiger partial charge in [0.05, 0.1) is 11.9 Å².